The van der Waals surface area contributed by atoms with Crippen LogP contribution in [-0.2, 0) is 56.6 Å². The standard InChI is InChI=1S/C46H81N17O11/c1-27(57-43(71)38(36(65)23-50)61-40(68)30(51)11-3-5-17-47)39(67)56-25-37(66)58-32(13-7-19-49)44(72)63-21-9-14-34(63)42(70)60-33(22-29-24-54-26-62(29)2)41(69)59-31(12-4-6-18-48)35(64)16-15-28(45(73)74)10-8-20-55-46(52)53/h10,24,26-27,30-34,36,38,65H,3-9,11-23,25,47-51H2,1-2H3,(H,56,67)(H,57,71)(H,58,66)(H,59,69)(H,60,70)(H,61,68)(H,73,74)(H4,52,53,55)/b28-10+/t27-,30-,31-,32+,33-,34-,36-,38-/m0/s1. The zero-order chi connectivity index (χ0) is 55.3. The molecule has 1 saturated heterocycles. The van der Waals surface area contributed by atoms with Crippen LogP contribution >= 0.6 is 0 Å². The summed E-state index contributed by atoms with van der Waals surface area (Å²) in [5.41, 5.74) is 34.3. The molecular weight excluding hydrogens is 967 g/mol. The van der Waals surface area contributed by atoms with Gasteiger partial charge in [0.2, 0.25) is 41.4 Å². The van der Waals surface area contributed by atoms with Gasteiger partial charge in [-0.1, -0.05) is 12.5 Å². The third kappa shape index (κ3) is 22.3. The predicted octanol–water partition coefficient (Wildman–Crippen LogP) is -5.61. The minimum Gasteiger partial charge on any atom is -0.478 e. The van der Waals surface area contributed by atoms with Crippen LogP contribution in [0.5, 0.6) is 0 Å². The second-order valence-corrected chi connectivity index (χ2v) is 18.1. The van der Waals surface area contributed by atoms with E-state index < -0.39 is 115 Å². The van der Waals surface area contributed by atoms with Crippen molar-refractivity contribution in [2.75, 3.05) is 45.8 Å². The molecule has 0 bridgehead atoms. The molecule has 416 valence electrons. The summed E-state index contributed by atoms with van der Waals surface area (Å²) in [4.78, 5) is 126. The first-order chi connectivity index (χ1) is 35.2. The third-order valence-corrected chi connectivity index (χ3v) is 12.2. The van der Waals surface area contributed by atoms with Crippen LogP contribution in [0.3, 0.4) is 0 Å². The molecule has 1 fully saturated rings. The molecule has 28 heteroatoms. The summed E-state index contributed by atoms with van der Waals surface area (Å²) in [6.45, 7) is 1.44. The highest BCUT2D eigenvalue weighted by atomic mass is 16.4. The minimum atomic E-state index is -1.56. The topological polar surface area (TPSA) is 479 Å². The summed E-state index contributed by atoms with van der Waals surface area (Å²) >= 11 is 0. The first-order valence-electron chi connectivity index (χ1n) is 25.0. The molecule has 0 spiro atoms. The molecule has 1 aromatic rings. The van der Waals surface area contributed by atoms with Crippen LogP contribution in [0.1, 0.15) is 96.1 Å². The van der Waals surface area contributed by atoms with Crippen molar-refractivity contribution in [3.63, 3.8) is 0 Å². The Morgan fingerprint density at radius 1 is 0.811 bits per heavy atom. The lowest BCUT2D eigenvalue weighted by Gasteiger charge is -2.30. The van der Waals surface area contributed by atoms with E-state index in [1.54, 1.807) is 11.6 Å². The van der Waals surface area contributed by atoms with Gasteiger partial charge in [0.15, 0.2) is 11.7 Å². The quantitative estimate of drug-likeness (QED) is 0.0129. The molecule has 22 N–H and O–H groups in total. The molecule has 2 heterocycles. The molecule has 1 aromatic heterocycles. The number of aryl methyl sites for hydroxylation is 1. The number of ketones is 1. The van der Waals surface area contributed by atoms with Gasteiger partial charge in [-0.25, -0.2) is 9.78 Å². The van der Waals surface area contributed by atoms with Gasteiger partial charge in [-0.05, 0) is 97.2 Å². The summed E-state index contributed by atoms with van der Waals surface area (Å²) in [6.07, 6.45) is 6.24. The largest absolute Gasteiger partial charge is 0.478 e. The highest BCUT2D eigenvalue weighted by Gasteiger charge is 2.40. The van der Waals surface area contributed by atoms with Gasteiger partial charge in [0.25, 0.3) is 0 Å². The summed E-state index contributed by atoms with van der Waals surface area (Å²) < 4.78 is 1.65. The second-order valence-electron chi connectivity index (χ2n) is 18.1. The fourth-order valence-corrected chi connectivity index (χ4v) is 7.92. The number of aromatic nitrogens is 2. The molecule has 1 aliphatic rings. The number of hydrogen-bond donors (Lipinski definition) is 16. The Kier molecular flexibility index (Phi) is 29.2. The number of carbonyl (C=O) groups is 9. The Hall–Kier alpha value is -6.59. The fraction of sp³-hybridized carbons (Fsp3) is 0.674. The summed E-state index contributed by atoms with van der Waals surface area (Å²) in [5, 5.41) is 45.3. The van der Waals surface area contributed by atoms with Crippen LogP contribution in [0.15, 0.2) is 24.2 Å². The first-order valence-corrected chi connectivity index (χ1v) is 25.0. The number of nitrogens with two attached hydrogens (primary N) is 6. The number of unbranched alkanes of at least 4 members (excludes halogenated alkanes) is 2. The molecule has 0 radical (unpaired) electrons. The summed E-state index contributed by atoms with van der Waals surface area (Å²) in [5.74, 6) is -7.26. The zero-order valence-electron chi connectivity index (χ0n) is 42.6. The number of amides is 7. The van der Waals surface area contributed by atoms with Crippen molar-refractivity contribution < 1.29 is 53.4 Å². The number of carboxylic acid groups (broad SMARTS) is 1. The first kappa shape index (κ1) is 63.5. The number of carbonyl (C=O) groups excluding carboxylic acids is 8. The van der Waals surface area contributed by atoms with Crippen molar-refractivity contribution >= 4 is 59.1 Å². The highest BCUT2D eigenvalue weighted by molar-refractivity contribution is 5.98. The number of nitrogens with one attached hydrogen (secondary N) is 8. The van der Waals surface area contributed by atoms with Crippen LogP contribution in [-0.4, -0.2) is 178 Å². The highest BCUT2D eigenvalue weighted by Crippen LogP contribution is 2.21. The van der Waals surface area contributed by atoms with E-state index in [4.69, 9.17) is 39.8 Å². The average Bonchev–Trinajstić information content (AvgIpc) is 4.03. The van der Waals surface area contributed by atoms with E-state index in [-0.39, 0.29) is 89.0 Å². The number of hydrogen-bond acceptors (Lipinski definition) is 17. The van der Waals surface area contributed by atoms with Gasteiger partial charge in [-0.2, -0.15) is 0 Å². The van der Waals surface area contributed by atoms with E-state index in [1.165, 1.54) is 30.4 Å². The van der Waals surface area contributed by atoms with Crippen LogP contribution in [0.4, 0.5) is 0 Å². The number of aliphatic carboxylic acids is 1. The Bertz CT molecular complexity index is 2070. The average molecular weight is 1050 g/mol. The zero-order valence-corrected chi connectivity index (χ0v) is 42.6. The molecule has 7 amide bonds. The molecule has 0 saturated carbocycles. The number of nitrogens with zero attached hydrogens (tertiary/aromatic N) is 3. The van der Waals surface area contributed by atoms with Gasteiger partial charge in [-0.3, -0.25) is 43.8 Å². The lowest BCUT2D eigenvalue weighted by molar-refractivity contribution is -0.142. The van der Waals surface area contributed by atoms with Gasteiger partial charge in [0.1, 0.15) is 30.2 Å². The Morgan fingerprint density at radius 2 is 1.47 bits per heavy atom. The van der Waals surface area contributed by atoms with E-state index in [9.17, 15) is 53.4 Å². The number of guanidine groups is 1. The second kappa shape index (κ2) is 34.0. The maximum atomic E-state index is 14.2. The maximum Gasteiger partial charge on any atom is 0.331 e. The van der Waals surface area contributed by atoms with Gasteiger partial charge in [0.05, 0.1) is 31.1 Å². The number of carboxylic acids is 1. The Morgan fingerprint density at radius 3 is 2.08 bits per heavy atom. The summed E-state index contributed by atoms with van der Waals surface area (Å²) in [7, 11) is 1.69. The Labute approximate surface area is 430 Å². The lowest BCUT2D eigenvalue weighted by atomic mass is 9.98. The number of aliphatic hydroxyl groups excluding tert-OH is 1. The number of aliphatic hydroxyl groups is 1. The van der Waals surface area contributed by atoms with Gasteiger partial charge >= 0.3 is 5.97 Å². The van der Waals surface area contributed by atoms with E-state index in [0.717, 1.165) is 0 Å². The monoisotopic (exact) mass is 1050 g/mol. The normalized spacial score (nSPS) is 16.3. The third-order valence-electron chi connectivity index (χ3n) is 12.2. The van der Waals surface area contributed by atoms with E-state index >= 15 is 0 Å². The summed E-state index contributed by atoms with van der Waals surface area (Å²) in [6, 6.07) is -8.47. The number of likely N-dealkylation sites (tertiary alicyclic amines) is 1. The van der Waals surface area contributed by atoms with Gasteiger partial charge in [-0.15, -0.1) is 0 Å². The Balaban J connectivity index is 2.21. The molecule has 2 rings (SSSR count). The number of imidazole rings is 1. The molecule has 8 atom stereocenters. The van der Waals surface area contributed by atoms with Crippen molar-refractivity contribution in [1.29, 1.82) is 5.41 Å². The fourth-order valence-electron chi connectivity index (χ4n) is 7.92. The lowest BCUT2D eigenvalue weighted by Crippen LogP contribution is -2.60. The smallest absolute Gasteiger partial charge is 0.331 e. The molecule has 0 aromatic carbocycles. The molecule has 0 aliphatic carbocycles. The van der Waals surface area contributed by atoms with Crippen molar-refractivity contribution in [3.8, 4) is 0 Å². The van der Waals surface area contributed by atoms with Gasteiger partial charge in [0, 0.05) is 57.0 Å². The molecular formula is C46H81N17O11. The SMILES string of the molecule is C[C@H](NC(=O)[C@@H](NC(=O)[C@@H](N)CCCCN)[C@@H](O)CN)C(=O)NCC(=O)N[C@H](CCCN)C(=O)N1CCC[C@H]1C(=O)N[C@@H](Cc1cncn1C)C(=O)N[C@@H](CCCCN)C(=O)CC/C(=C\CCNC(=N)N)C(=O)O. The van der Waals surface area contributed by atoms with E-state index in [0.29, 0.717) is 50.9 Å². The number of Topliss-reactive ketones (excluding diaryl/α,β-unsaturated/α-hetero) is 1. The molecule has 28 nitrogen and oxygen atoms in total. The molecule has 74 heavy (non-hydrogen) atoms. The number of rotatable bonds is 36. The van der Waals surface area contributed by atoms with E-state index in [2.05, 4.69) is 42.2 Å². The van der Waals surface area contributed by atoms with Crippen molar-refractivity contribution in [2.24, 2.45) is 41.4 Å². The van der Waals surface area contributed by atoms with Crippen molar-refractivity contribution in [3.05, 3.63) is 29.9 Å². The van der Waals surface area contributed by atoms with Crippen LogP contribution < -0.4 is 71.6 Å². The predicted molar refractivity (Wildman–Crippen MR) is 272 cm³/mol. The minimum absolute atomic E-state index is 0.0333. The maximum absolute atomic E-state index is 14.2. The van der Waals surface area contributed by atoms with Crippen molar-refractivity contribution in [2.45, 2.75) is 145 Å². The van der Waals surface area contributed by atoms with Crippen LogP contribution in [0.25, 0.3) is 0 Å². The van der Waals surface area contributed by atoms with Crippen LogP contribution in [0.2, 0.25) is 0 Å². The van der Waals surface area contributed by atoms with E-state index in [1.807, 2.05) is 0 Å². The van der Waals surface area contributed by atoms with Crippen LogP contribution in [0, 0.1) is 5.41 Å². The molecule has 1 aliphatic heterocycles. The van der Waals surface area contributed by atoms with Crippen molar-refractivity contribution in [1.82, 2.24) is 51.7 Å². The molecule has 0 unspecified atom stereocenters. The van der Waals surface area contributed by atoms with Gasteiger partial charge < -0.3 is 91.3 Å².